The summed E-state index contributed by atoms with van der Waals surface area (Å²) in [6.45, 7) is 2.89. The fourth-order valence-corrected chi connectivity index (χ4v) is 4.20. The summed E-state index contributed by atoms with van der Waals surface area (Å²) in [6, 6.07) is 16.4. The zero-order chi connectivity index (χ0) is 21.2. The molecule has 3 heterocycles. The Bertz CT molecular complexity index is 1220. The normalized spacial score (nSPS) is 13.5. The standard InChI is InChI=1S/C24H22ClN5O/c1-2-31-14-21-29-23(27-17-12-15-6-3-4-7-16(15)13-17)18-9-10-20(28-24(18)30-21)22-19(25)8-5-11-26-22/h3-11,17H,2,12-14H2,1H3,(H,27,28,29,30). The Balaban J connectivity index is 1.52. The minimum atomic E-state index is 0.278. The molecule has 4 aromatic rings. The van der Waals surface area contributed by atoms with Gasteiger partial charge >= 0.3 is 0 Å². The van der Waals surface area contributed by atoms with Gasteiger partial charge in [-0.05, 0) is 55.2 Å². The number of nitrogens with zero attached hydrogens (tertiary/aromatic N) is 4. The van der Waals surface area contributed by atoms with E-state index in [2.05, 4.69) is 39.6 Å². The highest BCUT2D eigenvalue weighted by atomic mass is 35.5. The quantitative estimate of drug-likeness (QED) is 0.470. The van der Waals surface area contributed by atoms with Crippen molar-refractivity contribution in [3.05, 3.63) is 76.7 Å². The molecule has 0 spiro atoms. The highest BCUT2D eigenvalue weighted by molar-refractivity contribution is 6.32. The molecule has 0 saturated carbocycles. The summed E-state index contributed by atoms with van der Waals surface area (Å²) in [5, 5.41) is 5.05. The Morgan fingerprint density at radius 3 is 2.55 bits per heavy atom. The summed E-state index contributed by atoms with van der Waals surface area (Å²) >= 11 is 6.33. The van der Waals surface area contributed by atoms with Gasteiger partial charge in [0, 0.05) is 18.8 Å². The van der Waals surface area contributed by atoms with Crippen molar-refractivity contribution in [2.45, 2.75) is 32.4 Å². The molecule has 1 aliphatic rings. The van der Waals surface area contributed by atoms with Gasteiger partial charge in [-0.25, -0.2) is 15.0 Å². The number of aromatic nitrogens is 4. The Morgan fingerprint density at radius 2 is 1.81 bits per heavy atom. The van der Waals surface area contributed by atoms with Crippen LogP contribution < -0.4 is 5.32 Å². The molecule has 5 rings (SSSR count). The lowest BCUT2D eigenvalue weighted by molar-refractivity contribution is 0.128. The molecular weight excluding hydrogens is 410 g/mol. The first-order valence-electron chi connectivity index (χ1n) is 10.4. The van der Waals surface area contributed by atoms with Gasteiger partial charge in [-0.15, -0.1) is 0 Å². The number of anilines is 1. The van der Waals surface area contributed by atoms with Gasteiger partial charge in [-0.2, -0.15) is 0 Å². The predicted molar refractivity (Wildman–Crippen MR) is 122 cm³/mol. The van der Waals surface area contributed by atoms with E-state index in [4.69, 9.17) is 26.3 Å². The third kappa shape index (κ3) is 4.09. The van der Waals surface area contributed by atoms with E-state index in [0.29, 0.717) is 41.1 Å². The molecule has 0 bridgehead atoms. The molecule has 0 amide bonds. The van der Waals surface area contributed by atoms with E-state index in [-0.39, 0.29) is 6.04 Å². The van der Waals surface area contributed by atoms with Gasteiger partial charge in [0.1, 0.15) is 18.1 Å². The molecule has 0 radical (unpaired) electrons. The molecule has 156 valence electrons. The van der Waals surface area contributed by atoms with Crippen LogP contribution in [0, 0.1) is 0 Å². The van der Waals surface area contributed by atoms with Gasteiger partial charge in [0.25, 0.3) is 0 Å². The monoisotopic (exact) mass is 431 g/mol. The summed E-state index contributed by atoms with van der Waals surface area (Å²) in [6.07, 6.45) is 3.65. The van der Waals surface area contributed by atoms with E-state index in [1.54, 1.807) is 18.3 Å². The number of fused-ring (bicyclic) bond motifs is 2. The minimum Gasteiger partial charge on any atom is -0.374 e. The highest BCUT2D eigenvalue weighted by Gasteiger charge is 2.22. The number of hydrogen-bond acceptors (Lipinski definition) is 6. The zero-order valence-corrected chi connectivity index (χ0v) is 17.9. The molecule has 3 aromatic heterocycles. The second-order valence-corrected chi connectivity index (χ2v) is 7.95. The van der Waals surface area contributed by atoms with E-state index < -0.39 is 0 Å². The van der Waals surface area contributed by atoms with Crippen molar-refractivity contribution < 1.29 is 4.74 Å². The Morgan fingerprint density at radius 1 is 1.00 bits per heavy atom. The van der Waals surface area contributed by atoms with Crippen molar-refractivity contribution >= 4 is 28.5 Å². The van der Waals surface area contributed by atoms with E-state index in [1.165, 1.54) is 11.1 Å². The molecule has 31 heavy (non-hydrogen) atoms. The van der Waals surface area contributed by atoms with E-state index in [0.717, 1.165) is 24.0 Å². The number of pyridine rings is 2. The molecule has 6 nitrogen and oxygen atoms in total. The van der Waals surface area contributed by atoms with E-state index >= 15 is 0 Å². The van der Waals surface area contributed by atoms with Crippen molar-refractivity contribution in [1.29, 1.82) is 0 Å². The van der Waals surface area contributed by atoms with Gasteiger partial charge in [0.05, 0.1) is 16.1 Å². The van der Waals surface area contributed by atoms with E-state index in [9.17, 15) is 0 Å². The van der Waals surface area contributed by atoms with Gasteiger partial charge in [0.2, 0.25) is 0 Å². The largest absolute Gasteiger partial charge is 0.374 e. The number of benzene rings is 1. The number of hydrogen-bond donors (Lipinski definition) is 1. The van der Waals surface area contributed by atoms with Crippen LogP contribution in [0.2, 0.25) is 5.02 Å². The zero-order valence-electron chi connectivity index (χ0n) is 17.2. The predicted octanol–water partition coefficient (Wildman–Crippen LogP) is 4.86. The van der Waals surface area contributed by atoms with Crippen LogP contribution in [-0.2, 0) is 24.2 Å². The molecule has 0 atom stereocenters. The van der Waals surface area contributed by atoms with Crippen molar-refractivity contribution in [2.24, 2.45) is 0 Å². The fraction of sp³-hybridized carbons (Fsp3) is 0.250. The molecule has 0 unspecified atom stereocenters. The maximum Gasteiger partial charge on any atom is 0.165 e. The van der Waals surface area contributed by atoms with Crippen molar-refractivity contribution in [3.8, 4) is 11.4 Å². The van der Waals surface area contributed by atoms with Crippen molar-refractivity contribution in [3.63, 3.8) is 0 Å². The average Bonchev–Trinajstić information content (AvgIpc) is 3.20. The van der Waals surface area contributed by atoms with Crippen LogP contribution in [-0.4, -0.2) is 32.6 Å². The minimum absolute atomic E-state index is 0.278. The lowest BCUT2D eigenvalue weighted by Crippen LogP contribution is -2.21. The van der Waals surface area contributed by atoms with Crippen LogP contribution in [0.1, 0.15) is 23.9 Å². The summed E-state index contributed by atoms with van der Waals surface area (Å²) in [5.41, 5.74) is 4.69. The van der Waals surface area contributed by atoms with Crippen LogP contribution in [0.15, 0.2) is 54.7 Å². The summed E-state index contributed by atoms with van der Waals surface area (Å²) < 4.78 is 5.56. The van der Waals surface area contributed by atoms with Crippen LogP contribution in [0.4, 0.5) is 5.82 Å². The third-order valence-corrected chi connectivity index (χ3v) is 5.74. The maximum absolute atomic E-state index is 6.33. The average molecular weight is 432 g/mol. The van der Waals surface area contributed by atoms with E-state index in [1.807, 2.05) is 19.1 Å². The van der Waals surface area contributed by atoms with Gasteiger partial charge in [-0.1, -0.05) is 35.9 Å². The van der Waals surface area contributed by atoms with Gasteiger partial charge in [-0.3, -0.25) is 4.98 Å². The van der Waals surface area contributed by atoms with Crippen molar-refractivity contribution in [2.75, 3.05) is 11.9 Å². The summed E-state index contributed by atoms with van der Waals surface area (Å²) in [4.78, 5) is 18.5. The van der Waals surface area contributed by atoms with Gasteiger partial charge in [0.15, 0.2) is 11.5 Å². The van der Waals surface area contributed by atoms with Crippen molar-refractivity contribution in [1.82, 2.24) is 19.9 Å². The Hall–Kier alpha value is -3.09. The fourth-order valence-electron chi connectivity index (χ4n) is 3.98. The molecule has 7 heteroatoms. The Labute approximate surface area is 185 Å². The molecule has 0 saturated heterocycles. The van der Waals surface area contributed by atoms with Crippen LogP contribution in [0.3, 0.4) is 0 Å². The van der Waals surface area contributed by atoms with Gasteiger partial charge < -0.3 is 10.1 Å². The number of halogens is 1. The van der Waals surface area contributed by atoms with Crippen LogP contribution in [0.5, 0.6) is 0 Å². The summed E-state index contributed by atoms with van der Waals surface area (Å²) in [7, 11) is 0. The Kier molecular flexibility index (Phi) is 5.49. The lowest BCUT2D eigenvalue weighted by atomic mass is 10.1. The molecule has 1 aromatic carbocycles. The second kappa shape index (κ2) is 8.57. The number of rotatable bonds is 6. The van der Waals surface area contributed by atoms with Crippen LogP contribution >= 0.6 is 11.6 Å². The van der Waals surface area contributed by atoms with Crippen LogP contribution in [0.25, 0.3) is 22.4 Å². The second-order valence-electron chi connectivity index (χ2n) is 7.55. The number of ether oxygens (including phenoxy) is 1. The molecule has 1 aliphatic carbocycles. The maximum atomic E-state index is 6.33. The lowest BCUT2D eigenvalue weighted by Gasteiger charge is -2.16. The smallest absolute Gasteiger partial charge is 0.165 e. The molecule has 0 fully saturated rings. The first-order valence-corrected chi connectivity index (χ1v) is 10.8. The molecule has 0 aliphatic heterocycles. The molecular formula is C24H22ClN5O. The molecule has 1 N–H and O–H groups in total. The first kappa shape index (κ1) is 19.8. The first-order chi connectivity index (χ1) is 15.2. The highest BCUT2D eigenvalue weighted by Crippen LogP contribution is 2.29. The number of nitrogens with one attached hydrogen (secondary N) is 1. The topological polar surface area (TPSA) is 72.8 Å². The SMILES string of the molecule is CCOCc1nc(NC2Cc3ccccc3C2)c2ccc(-c3ncccc3Cl)nc2n1. The summed E-state index contributed by atoms with van der Waals surface area (Å²) in [5.74, 6) is 1.38. The third-order valence-electron chi connectivity index (χ3n) is 5.43.